The number of hydrogen-bond acceptors (Lipinski definition) is 1. The lowest BCUT2D eigenvalue weighted by Gasteiger charge is -2.04. The Labute approximate surface area is 119 Å². The van der Waals surface area contributed by atoms with E-state index in [0.717, 1.165) is 11.1 Å². The number of nitrogens with one attached hydrogen (secondary N) is 2. The van der Waals surface area contributed by atoms with Gasteiger partial charge in [0.05, 0.1) is 0 Å². The Kier molecular flexibility index (Phi) is 4.95. The molecule has 2 amide bonds. The molecule has 0 aliphatic rings. The zero-order valence-electron chi connectivity index (χ0n) is 11.5. The van der Waals surface area contributed by atoms with Gasteiger partial charge in [-0.2, -0.15) is 0 Å². The smallest absolute Gasteiger partial charge is 0.319 e. The summed E-state index contributed by atoms with van der Waals surface area (Å²) in [5.74, 6) is 0. The number of hydrogen-bond donors (Lipinski definition) is 2. The van der Waals surface area contributed by atoms with Crippen LogP contribution in [0.2, 0.25) is 0 Å². The van der Waals surface area contributed by atoms with E-state index >= 15 is 0 Å². The van der Waals surface area contributed by atoms with Crippen molar-refractivity contribution in [1.29, 1.82) is 0 Å². The average molecular weight is 266 g/mol. The fraction of sp³-hybridized carbons (Fsp3) is 0.118. The number of carbonyl (C=O) groups excluding carboxylic acids is 1. The van der Waals surface area contributed by atoms with E-state index in [0.29, 0.717) is 6.54 Å². The van der Waals surface area contributed by atoms with Crippen molar-refractivity contribution in [2.45, 2.75) is 13.5 Å². The van der Waals surface area contributed by atoms with E-state index < -0.39 is 0 Å². The fourth-order valence-electron chi connectivity index (χ4n) is 1.82. The van der Waals surface area contributed by atoms with Gasteiger partial charge in [0, 0.05) is 12.7 Å². The number of aryl methyl sites for hydroxylation is 1. The number of carbonyl (C=O) groups is 1. The highest BCUT2D eigenvalue weighted by Gasteiger charge is 1.96. The molecule has 2 aromatic carbocycles. The first-order valence-electron chi connectivity index (χ1n) is 6.55. The van der Waals surface area contributed by atoms with Crippen molar-refractivity contribution < 1.29 is 4.79 Å². The molecular formula is C17H18N2O. The molecule has 0 radical (unpaired) electrons. The monoisotopic (exact) mass is 266 g/mol. The molecule has 102 valence electrons. The lowest BCUT2D eigenvalue weighted by Crippen LogP contribution is -2.31. The summed E-state index contributed by atoms with van der Waals surface area (Å²) in [4.78, 5) is 11.6. The molecule has 0 atom stereocenters. The van der Waals surface area contributed by atoms with E-state index in [-0.39, 0.29) is 6.03 Å². The lowest BCUT2D eigenvalue weighted by atomic mass is 10.1. The maximum absolute atomic E-state index is 11.6. The van der Waals surface area contributed by atoms with Crippen molar-refractivity contribution in [1.82, 2.24) is 10.6 Å². The Morgan fingerprint density at radius 1 is 1.10 bits per heavy atom. The minimum Gasteiger partial charge on any atom is -0.334 e. The SMILES string of the molecule is Cc1cccc(/C=C/NC(=O)NCc2ccccc2)c1. The van der Waals surface area contributed by atoms with Gasteiger partial charge in [-0.3, -0.25) is 0 Å². The fourth-order valence-corrected chi connectivity index (χ4v) is 1.82. The van der Waals surface area contributed by atoms with Gasteiger partial charge < -0.3 is 10.6 Å². The van der Waals surface area contributed by atoms with Crippen LogP contribution in [0.4, 0.5) is 4.79 Å². The normalized spacial score (nSPS) is 10.4. The van der Waals surface area contributed by atoms with Gasteiger partial charge in [0.25, 0.3) is 0 Å². The van der Waals surface area contributed by atoms with Crippen molar-refractivity contribution in [3.8, 4) is 0 Å². The van der Waals surface area contributed by atoms with Crippen molar-refractivity contribution in [2.24, 2.45) is 0 Å². The van der Waals surface area contributed by atoms with E-state index in [4.69, 9.17) is 0 Å². The minimum absolute atomic E-state index is 0.210. The standard InChI is InChI=1S/C17H18N2O/c1-14-6-5-9-15(12-14)10-11-18-17(20)19-13-16-7-3-2-4-8-16/h2-12H,13H2,1H3,(H2,18,19,20)/b11-10+. The lowest BCUT2D eigenvalue weighted by molar-refractivity contribution is 0.244. The Hall–Kier alpha value is -2.55. The van der Waals surface area contributed by atoms with Crippen molar-refractivity contribution in [3.63, 3.8) is 0 Å². The molecule has 0 fully saturated rings. The highest BCUT2D eigenvalue weighted by molar-refractivity contribution is 5.75. The molecule has 0 unspecified atom stereocenters. The minimum atomic E-state index is -0.210. The molecule has 0 saturated carbocycles. The van der Waals surface area contributed by atoms with Gasteiger partial charge in [0.15, 0.2) is 0 Å². The van der Waals surface area contributed by atoms with E-state index in [1.54, 1.807) is 6.20 Å². The molecule has 0 aliphatic heterocycles. The van der Waals surface area contributed by atoms with Gasteiger partial charge in [0.2, 0.25) is 0 Å². The predicted octanol–water partition coefficient (Wildman–Crippen LogP) is 3.47. The van der Waals surface area contributed by atoms with Crippen LogP contribution in [0, 0.1) is 6.92 Å². The van der Waals surface area contributed by atoms with Crippen molar-refractivity contribution in [2.75, 3.05) is 0 Å². The van der Waals surface area contributed by atoms with Crippen LogP contribution < -0.4 is 10.6 Å². The zero-order chi connectivity index (χ0) is 14.2. The van der Waals surface area contributed by atoms with Gasteiger partial charge in [-0.15, -0.1) is 0 Å². The van der Waals surface area contributed by atoms with Crippen LogP contribution in [0.5, 0.6) is 0 Å². The van der Waals surface area contributed by atoms with Gasteiger partial charge in [-0.1, -0.05) is 60.2 Å². The molecule has 0 spiro atoms. The Bertz CT molecular complexity index is 591. The predicted molar refractivity (Wildman–Crippen MR) is 82.0 cm³/mol. The van der Waals surface area contributed by atoms with Crippen LogP contribution in [-0.2, 0) is 6.54 Å². The molecule has 0 saturated heterocycles. The quantitative estimate of drug-likeness (QED) is 0.874. The molecule has 0 bridgehead atoms. The largest absolute Gasteiger partial charge is 0.334 e. The second kappa shape index (κ2) is 7.14. The number of urea groups is 1. The maximum atomic E-state index is 11.6. The van der Waals surface area contributed by atoms with Gasteiger partial charge >= 0.3 is 6.03 Å². The third-order valence-electron chi connectivity index (χ3n) is 2.83. The van der Waals surface area contributed by atoms with Crippen molar-refractivity contribution >= 4 is 12.1 Å². The summed E-state index contributed by atoms with van der Waals surface area (Å²) < 4.78 is 0. The summed E-state index contributed by atoms with van der Waals surface area (Å²) in [6, 6.07) is 17.7. The molecule has 0 aliphatic carbocycles. The highest BCUT2D eigenvalue weighted by atomic mass is 16.2. The first-order valence-corrected chi connectivity index (χ1v) is 6.55. The summed E-state index contributed by atoms with van der Waals surface area (Å²) in [7, 11) is 0. The van der Waals surface area contributed by atoms with Crippen molar-refractivity contribution in [3.05, 3.63) is 77.5 Å². The third-order valence-corrected chi connectivity index (χ3v) is 2.83. The third kappa shape index (κ3) is 4.61. The van der Waals surface area contributed by atoms with Gasteiger partial charge in [-0.25, -0.2) is 4.79 Å². The highest BCUT2D eigenvalue weighted by Crippen LogP contribution is 2.04. The zero-order valence-corrected chi connectivity index (χ0v) is 11.5. The Balaban J connectivity index is 1.78. The molecule has 2 rings (SSSR count). The molecule has 3 nitrogen and oxygen atoms in total. The first kappa shape index (κ1) is 13.9. The summed E-state index contributed by atoms with van der Waals surface area (Å²) in [5, 5.41) is 5.49. The topological polar surface area (TPSA) is 41.1 Å². The number of rotatable bonds is 4. The van der Waals surface area contributed by atoms with E-state index in [9.17, 15) is 4.79 Å². The first-order chi connectivity index (χ1) is 9.74. The second-order valence-corrected chi connectivity index (χ2v) is 4.56. The van der Waals surface area contributed by atoms with E-state index in [2.05, 4.69) is 16.7 Å². The summed E-state index contributed by atoms with van der Waals surface area (Å²) in [6.07, 6.45) is 3.52. The van der Waals surface area contributed by atoms with E-state index in [1.807, 2.05) is 61.5 Å². The number of amides is 2. The second-order valence-electron chi connectivity index (χ2n) is 4.56. The maximum Gasteiger partial charge on any atom is 0.319 e. The number of benzene rings is 2. The Morgan fingerprint density at radius 3 is 2.65 bits per heavy atom. The van der Waals surface area contributed by atoms with Gasteiger partial charge in [0.1, 0.15) is 0 Å². The summed E-state index contributed by atoms with van der Waals surface area (Å²) >= 11 is 0. The summed E-state index contributed by atoms with van der Waals surface area (Å²) in [6.45, 7) is 2.56. The van der Waals surface area contributed by atoms with Crippen LogP contribution >= 0.6 is 0 Å². The molecule has 0 aromatic heterocycles. The van der Waals surface area contributed by atoms with E-state index in [1.165, 1.54) is 5.56 Å². The molecular weight excluding hydrogens is 248 g/mol. The van der Waals surface area contributed by atoms with Crippen LogP contribution in [0.3, 0.4) is 0 Å². The molecule has 20 heavy (non-hydrogen) atoms. The molecule has 2 aromatic rings. The average Bonchev–Trinajstić information content (AvgIpc) is 2.46. The van der Waals surface area contributed by atoms with Gasteiger partial charge in [-0.05, 0) is 24.1 Å². The van der Waals surface area contributed by atoms with Crippen LogP contribution in [0.15, 0.2) is 60.8 Å². The Morgan fingerprint density at radius 2 is 1.90 bits per heavy atom. The van der Waals surface area contributed by atoms with Crippen LogP contribution in [0.1, 0.15) is 16.7 Å². The van der Waals surface area contributed by atoms with Crippen LogP contribution in [-0.4, -0.2) is 6.03 Å². The van der Waals surface area contributed by atoms with Crippen LogP contribution in [0.25, 0.3) is 6.08 Å². The molecule has 2 N–H and O–H groups in total. The molecule has 0 heterocycles. The summed E-state index contributed by atoms with van der Waals surface area (Å²) in [5.41, 5.74) is 3.33. The molecule has 3 heteroatoms.